The number of fused-ring (bicyclic) bond motifs is 2. The number of carbonyl (C=O) groups is 1. The maximum Gasteiger partial charge on any atom is 0.294 e. The molecule has 2 heterocycles. The van der Waals surface area contributed by atoms with Crippen LogP contribution in [0.1, 0.15) is 59.1 Å². The van der Waals surface area contributed by atoms with Crippen LogP contribution in [0.25, 0.3) is 0 Å². The van der Waals surface area contributed by atoms with E-state index in [1.807, 2.05) is 65.0 Å². The molecular formula is C32H40N3O7S2+. The van der Waals surface area contributed by atoms with Crippen LogP contribution in [0, 0.1) is 0 Å². The van der Waals surface area contributed by atoms with Gasteiger partial charge in [0.15, 0.2) is 12.3 Å². The van der Waals surface area contributed by atoms with Crippen LogP contribution in [0.15, 0.2) is 82.3 Å². The number of amides is 1. The van der Waals surface area contributed by atoms with Crippen molar-refractivity contribution in [2.45, 2.75) is 68.6 Å². The summed E-state index contributed by atoms with van der Waals surface area (Å²) in [5.74, 6) is -0.109. The average molecular weight is 643 g/mol. The minimum absolute atomic E-state index is 0.109. The van der Waals surface area contributed by atoms with E-state index in [9.17, 15) is 30.7 Å². The Morgan fingerprint density at radius 1 is 0.909 bits per heavy atom. The first kappa shape index (κ1) is 33.3. The van der Waals surface area contributed by atoms with E-state index in [2.05, 4.69) is 14.8 Å². The Morgan fingerprint density at radius 3 is 2.11 bits per heavy atom. The van der Waals surface area contributed by atoms with E-state index >= 15 is 0 Å². The number of carbonyl (C=O) groups excluding carboxylic acids is 1. The fraction of sp³-hybridized carbons (Fsp3) is 0.375. The molecule has 0 aliphatic carbocycles. The summed E-state index contributed by atoms with van der Waals surface area (Å²) in [4.78, 5) is 13.2. The summed E-state index contributed by atoms with van der Waals surface area (Å²) >= 11 is 0. The smallest absolute Gasteiger partial charge is 0.294 e. The molecule has 10 nitrogen and oxygen atoms in total. The van der Waals surface area contributed by atoms with Gasteiger partial charge in [0, 0.05) is 60.9 Å². The number of anilines is 1. The van der Waals surface area contributed by atoms with E-state index in [1.165, 1.54) is 31.2 Å². The van der Waals surface area contributed by atoms with Crippen molar-refractivity contribution in [3.05, 3.63) is 83.6 Å². The van der Waals surface area contributed by atoms with Gasteiger partial charge >= 0.3 is 0 Å². The summed E-state index contributed by atoms with van der Waals surface area (Å²) in [7, 11) is -8.71. The van der Waals surface area contributed by atoms with Crippen LogP contribution in [-0.4, -0.2) is 61.8 Å². The second-order valence-corrected chi connectivity index (χ2v) is 14.8. The molecule has 0 bridgehead atoms. The monoisotopic (exact) mass is 642 g/mol. The molecule has 3 N–H and O–H groups in total. The van der Waals surface area contributed by atoms with Crippen molar-refractivity contribution in [2.24, 2.45) is 0 Å². The van der Waals surface area contributed by atoms with Gasteiger partial charge in [-0.25, -0.2) is 0 Å². The van der Waals surface area contributed by atoms with Crippen LogP contribution in [0.3, 0.4) is 0 Å². The summed E-state index contributed by atoms with van der Waals surface area (Å²) < 4.78 is 68.7. The SMILES string of the molecule is CCN1\C(=C/C=C/C=C/C2=[N+](CCCNC(C)=O)c3ccc(S(=O)(=O)O)cc3C2(C)C)C(C)(C)c2cc(S(=O)(=O)O)ccc21. The zero-order chi connectivity index (χ0) is 32.7. The quantitative estimate of drug-likeness (QED) is 0.144. The maximum absolute atomic E-state index is 11.9. The van der Waals surface area contributed by atoms with Crippen LogP contribution in [0.5, 0.6) is 0 Å². The lowest BCUT2D eigenvalue weighted by Gasteiger charge is -2.25. The van der Waals surface area contributed by atoms with Crippen molar-refractivity contribution in [3.8, 4) is 0 Å². The van der Waals surface area contributed by atoms with E-state index in [-0.39, 0.29) is 15.7 Å². The van der Waals surface area contributed by atoms with Gasteiger partial charge in [0.1, 0.15) is 0 Å². The molecule has 2 aromatic rings. The Balaban J connectivity index is 1.66. The zero-order valence-electron chi connectivity index (χ0n) is 25.8. The van der Waals surface area contributed by atoms with Crippen molar-refractivity contribution in [2.75, 3.05) is 24.5 Å². The Bertz CT molecular complexity index is 1830. The van der Waals surface area contributed by atoms with Gasteiger partial charge in [-0.1, -0.05) is 32.1 Å². The Hall–Kier alpha value is -3.58. The summed E-state index contributed by atoms with van der Waals surface area (Å²) in [6.45, 7) is 13.2. The molecule has 0 atom stereocenters. The first-order valence-electron chi connectivity index (χ1n) is 14.4. The highest BCUT2D eigenvalue weighted by Gasteiger charge is 2.45. The number of benzene rings is 2. The second-order valence-electron chi connectivity index (χ2n) is 12.0. The summed E-state index contributed by atoms with van der Waals surface area (Å²) in [6.07, 6.45) is 10.4. The molecule has 1 amide bonds. The van der Waals surface area contributed by atoms with E-state index in [4.69, 9.17) is 0 Å². The molecule has 0 saturated heterocycles. The Kier molecular flexibility index (Phi) is 9.14. The minimum Gasteiger partial charge on any atom is -0.356 e. The summed E-state index contributed by atoms with van der Waals surface area (Å²) in [5.41, 5.74) is 4.12. The van der Waals surface area contributed by atoms with Crippen LogP contribution in [0.4, 0.5) is 11.4 Å². The molecule has 0 radical (unpaired) electrons. The fourth-order valence-electron chi connectivity index (χ4n) is 6.07. The van der Waals surface area contributed by atoms with Gasteiger partial charge in [0.25, 0.3) is 20.2 Å². The van der Waals surface area contributed by atoms with Crippen molar-refractivity contribution in [1.29, 1.82) is 0 Å². The third kappa shape index (κ3) is 6.44. The Morgan fingerprint density at radius 2 is 1.52 bits per heavy atom. The zero-order valence-corrected chi connectivity index (χ0v) is 27.5. The third-order valence-electron chi connectivity index (χ3n) is 8.30. The van der Waals surface area contributed by atoms with E-state index in [0.717, 1.165) is 33.9 Å². The largest absolute Gasteiger partial charge is 0.356 e. The molecular weight excluding hydrogens is 603 g/mol. The molecule has 0 saturated carbocycles. The number of hydrogen-bond acceptors (Lipinski definition) is 6. The number of hydrogen-bond donors (Lipinski definition) is 3. The van der Waals surface area contributed by atoms with Gasteiger partial charge in [-0.2, -0.15) is 21.4 Å². The van der Waals surface area contributed by atoms with Crippen LogP contribution in [-0.2, 0) is 35.9 Å². The van der Waals surface area contributed by atoms with Crippen LogP contribution >= 0.6 is 0 Å². The molecule has 0 aromatic heterocycles. The van der Waals surface area contributed by atoms with Gasteiger partial charge in [-0.15, -0.1) is 0 Å². The van der Waals surface area contributed by atoms with Crippen molar-refractivity contribution in [1.82, 2.24) is 5.32 Å². The Labute approximate surface area is 260 Å². The highest BCUT2D eigenvalue weighted by molar-refractivity contribution is 7.86. The minimum atomic E-state index is -4.38. The molecule has 2 aromatic carbocycles. The second kappa shape index (κ2) is 12.1. The lowest BCUT2D eigenvalue weighted by Crippen LogP contribution is -2.29. The molecule has 0 spiro atoms. The lowest BCUT2D eigenvalue weighted by molar-refractivity contribution is -0.437. The predicted molar refractivity (Wildman–Crippen MR) is 171 cm³/mol. The number of likely N-dealkylation sites (N-methyl/N-ethyl adjacent to an activating group) is 1. The number of nitrogens with zero attached hydrogens (tertiary/aromatic N) is 2. The number of nitrogens with one attached hydrogen (secondary N) is 1. The topological polar surface area (TPSA) is 144 Å². The normalized spacial score (nSPS) is 18.5. The molecule has 0 fully saturated rings. The third-order valence-corrected chi connectivity index (χ3v) is 10.0. The van der Waals surface area contributed by atoms with Gasteiger partial charge < -0.3 is 10.2 Å². The molecule has 2 aliphatic rings. The van der Waals surface area contributed by atoms with Crippen molar-refractivity contribution >= 4 is 43.2 Å². The van der Waals surface area contributed by atoms with E-state index in [1.54, 1.807) is 12.1 Å². The predicted octanol–water partition coefficient (Wildman–Crippen LogP) is 4.90. The van der Waals surface area contributed by atoms with Crippen LogP contribution < -0.4 is 10.2 Å². The number of rotatable bonds is 10. The van der Waals surface area contributed by atoms with Gasteiger partial charge in [0.2, 0.25) is 11.6 Å². The molecule has 12 heteroatoms. The standard InChI is InChI=1S/C32H39N3O7S2/c1-7-34-27-16-14-23(43(37,38)39)20-25(27)31(3,4)29(34)12-9-8-10-13-30-32(5,6)26-21-24(44(40,41)42)15-17-28(26)35(30)19-11-18-33-22(2)36/h8-10,12-17,20-21H,7,11,18-19H2,1-6H3,(H2-,33,36,37,38,39,40,41,42)/p+1. The summed E-state index contributed by atoms with van der Waals surface area (Å²) in [5, 5.41) is 2.81. The van der Waals surface area contributed by atoms with E-state index in [0.29, 0.717) is 26.1 Å². The number of allylic oxidation sites excluding steroid dienone is 6. The average Bonchev–Trinajstić information content (AvgIpc) is 3.27. The molecule has 0 unspecified atom stereocenters. The highest BCUT2D eigenvalue weighted by atomic mass is 32.2. The highest BCUT2D eigenvalue weighted by Crippen LogP contribution is 2.48. The maximum atomic E-state index is 11.9. The molecule has 4 rings (SSSR count). The first-order chi connectivity index (χ1) is 20.4. The first-order valence-corrected chi connectivity index (χ1v) is 17.2. The van der Waals surface area contributed by atoms with Gasteiger partial charge in [-0.05, 0) is 62.7 Å². The molecule has 236 valence electrons. The van der Waals surface area contributed by atoms with Gasteiger partial charge in [-0.3, -0.25) is 13.9 Å². The van der Waals surface area contributed by atoms with Crippen molar-refractivity contribution < 1.29 is 35.3 Å². The fourth-order valence-corrected chi connectivity index (χ4v) is 7.08. The van der Waals surface area contributed by atoms with Crippen molar-refractivity contribution in [3.63, 3.8) is 0 Å². The summed E-state index contributed by atoms with van der Waals surface area (Å²) in [6, 6.07) is 9.27. The van der Waals surface area contributed by atoms with Gasteiger partial charge in [0.05, 0.1) is 15.2 Å². The lowest BCUT2D eigenvalue weighted by atomic mass is 9.81. The molecule has 44 heavy (non-hydrogen) atoms. The van der Waals surface area contributed by atoms with Crippen LogP contribution in [0.2, 0.25) is 0 Å². The van der Waals surface area contributed by atoms with E-state index < -0.39 is 31.1 Å². The molecule has 2 aliphatic heterocycles.